The van der Waals surface area contributed by atoms with Crippen molar-refractivity contribution in [2.75, 3.05) is 19.6 Å². The molecule has 1 atom stereocenters. The number of nitrogens with two attached hydrogens (primary N) is 1. The molecule has 0 aliphatic heterocycles. The quantitative estimate of drug-likeness (QED) is 0.836. The molecule has 1 rings (SSSR count). The number of rotatable bonds is 6. The van der Waals surface area contributed by atoms with E-state index < -0.39 is 0 Å². The van der Waals surface area contributed by atoms with Crippen LogP contribution in [-0.4, -0.2) is 30.4 Å². The topological polar surface area (TPSA) is 46.3 Å². The molecule has 100 valence electrons. The van der Waals surface area contributed by atoms with Gasteiger partial charge in [0, 0.05) is 13.1 Å². The third-order valence-electron chi connectivity index (χ3n) is 3.11. The van der Waals surface area contributed by atoms with Crippen molar-refractivity contribution in [1.82, 2.24) is 4.90 Å². The van der Waals surface area contributed by atoms with E-state index in [9.17, 15) is 4.79 Å². The largest absolute Gasteiger partial charge is 0.342 e. The Bertz CT molecular complexity index is 390. The molecular formula is C15H24N2O. The van der Waals surface area contributed by atoms with Crippen LogP contribution in [0, 0.1) is 12.8 Å². The molecule has 2 N–H and O–H groups in total. The SMILES string of the molecule is CCN(CC(C)CN)C(=O)Cc1cccc(C)c1. The summed E-state index contributed by atoms with van der Waals surface area (Å²) in [5, 5.41) is 0. The number of carbonyl (C=O) groups excluding carboxylic acids is 1. The lowest BCUT2D eigenvalue weighted by Gasteiger charge is -2.24. The van der Waals surface area contributed by atoms with Crippen molar-refractivity contribution < 1.29 is 4.79 Å². The average molecular weight is 248 g/mol. The maximum Gasteiger partial charge on any atom is 0.226 e. The van der Waals surface area contributed by atoms with Crippen molar-refractivity contribution in [3.05, 3.63) is 35.4 Å². The predicted molar refractivity (Wildman–Crippen MR) is 75.4 cm³/mol. The zero-order chi connectivity index (χ0) is 13.5. The van der Waals surface area contributed by atoms with E-state index in [1.165, 1.54) is 5.56 Å². The second kappa shape index (κ2) is 7.17. The van der Waals surface area contributed by atoms with Crippen LogP contribution >= 0.6 is 0 Å². The van der Waals surface area contributed by atoms with Crippen LogP contribution in [0.3, 0.4) is 0 Å². The first kappa shape index (κ1) is 14.7. The first-order valence-electron chi connectivity index (χ1n) is 6.60. The fourth-order valence-electron chi connectivity index (χ4n) is 1.97. The molecule has 0 aromatic heterocycles. The van der Waals surface area contributed by atoms with Crippen LogP contribution < -0.4 is 5.73 Å². The van der Waals surface area contributed by atoms with Gasteiger partial charge in [-0.15, -0.1) is 0 Å². The van der Waals surface area contributed by atoms with Gasteiger partial charge in [0.25, 0.3) is 0 Å². The summed E-state index contributed by atoms with van der Waals surface area (Å²) < 4.78 is 0. The highest BCUT2D eigenvalue weighted by atomic mass is 16.2. The molecule has 3 nitrogen and oxygen atoms in total. The smallest absolute Gasteiger partial charge is 0.226 e. The number of carbonyl (C=O) groups is 1. The number of aryl methyl sites for hydroxylation is 1. The second-order valence-electron chi connectivity index (χ2n) is 4.94. The van der Waals surface area contributed by atoms with E-state index in [2.05, 4.69) is 13.0 Å². The molecule has 0 aliphatic rings. The highest BCUT2D eigenvalue weighted by Gasteiger charge is 2.14. The number of benzene rings is 1. The van der Waals surface area contributed by atoms with Gasteiger partial charge in [-0.2, -0.15) is 0 Å². The number of amides is 1. The lowest BCUT2D eigenvalue weighted by atomic mass is 10.1. The van der Waals surface area contributed by atoms with Gasteiger partial charge >= 0.3 is 0 Å². The summed E-state index contributed by atoms with van der Waals surface area (Å²) in [5.74, 6) is 0.537. The van der Waals surface area contributed by atoms with E-state index >= 15 is 0 Å². The lowest BCUT2D eigenvalue weighted by Crippen LogP contribution is -2.37. The standard InChI is InChI=1S/C15H24N2O/c1-4-17(11-13(3)10-16)15(18)9-14-7-5-6-12(2)8-14/h5-8,13H,4,9-11,16H2,1-3H3. The van der Waals surface area contributed by atoms with Crippen molar-refractivity contribution in [1.29, 1.82) is 0 Å². The van der Waals surface area contributed by atoms with Gasteiger partial charge in [-0.1, -0.05) is 36.8 Å². The molecule has 0 radical (unpaired) electrons. The van der Waals surface area contributed by atoms with Crippen LogP contribution in [-0.2, 0) is 11.2 Å². The molecule has 0 saturated heterocycles. The number of nitrogens with zero attached hydrogens (tertiary/aromatic N) is 1. The first-order valence-corrected chi connectivity index (χ1v) is 6.60. The van der Waals surface area contributed by atoms with Gasteiger partial charge in [0.1, 0.15) is 0 Å². The molecule has 3 heteroatoms. The third-order valence-corrected chi connectivity index (χ3v) is 3.11. The van der Waals surface area contributed by atoms with Crippen molar-refractivity contribution in [3.63, 3.8) is 0 Å². The molecular weight excluding hydrogens is 224 g/mol. The molecule has 0 saturated carbocycles. The van der Waals surface area contributed by atoms with Gasteiger partial charge in [-0.25, -0.2) is 0 Å². The molecule has 0 bridgehead atoms. The van der Waals surface area contributed by atoms with E-state index in [1.54, 1.807) is 0 Å². The molecule has 0 spiro atoms. The molecule has 18 heavy (non-hydrogen) atoms. The van der Waals surface area contributed by atoms with Crippen molar-refractivity contribution in [3.8, 4) is 0 Å². The van der Waals surface area contributed by atoms with Crippen LogP contribution in [0.25, 0.3) is 0 Å². The number of likely N-dealkylation sites (N-methyl/N-ethyl adjacent to an activating group) is 1. The summed E-state index contributed by atoms with van der Waals surface area (Å²) in [6, 6.07) is 8.11. The summed E-state index contributed by atoms with van der Waals surface area (Å²) in [6.07, 6.45) is 0.479. The maximum absolute atomic E-state index is 12.2. The molecule has 1 aromatic carbocycles. The average Bonchev–Trinajstić information content (AvgIpc) is 2.35. The van der Waals surface area contributed by atoms with Gasteiger partial charge in [0.05, 0.1) is 6.42 Å². The Hall–Kier alpha value is -1.35. The van der Waals surface area contributed by atoms with E-state index in [4.69, 9.17) is 5.73 Å². The lowest BCUT2D eigenvalue weighted by molar-refractivity contribution is -0.130. The second-order valence-corrected chi connectivity index (χ2v) is 4.94. The van der Waals surface area contributed by atoms with Gasteiger partial charge in [-0.3, -0.25) is 4.79 Å². The van der Waals surface area contributed by atoms with Gasteiger partial charge < -0.3 is 10.6 Å². The van der Waals surface area contributed by atoms with Crippen molar-refractivity contribution >= 4 is 5.91 Å². The van der Waals surface area contributed by atoms with Crippen molar-refractivity contribution in [2.45, 2.75) is 27.2 Å². The highest BCUT2D eigenvalue weighted by molar-refractivity contribution is 5.78. The highest BCUT2D eigenvalue weighted by Crippen LogP contribution is 2.08. The molecule has 0 fully saturated rings. The Kier molecular flexibility index (Phi) is 5.86. The fourth-order valence-corrected chi connectivity index (χ4v) is 1.97. The minimum atomic E-state index is 0.184. The van der Waals surface area contributed by atoms with E-state index in [0.29, 0.717) is 18.9 Å². The number of hydrogen-bond acceptors (Lipinski definition) is 2. The van der Waals surface area contributed by atoms with Crippen LogP contribution in [0.4, 0.5) is 0 Å². The molecule has 0 aliphatic carbocycles. The molecule has 0 heterocycles. The first-order chi connectivity index (χ1) is 8.56. The third kappa shape index (κ3) is 4.49. The minimum Gasteiger partial charge on any atom is -0.342 e. The van der Waals surface area contributed by atoms with E-state index in [1.807, 2.05) is 36.9 Å². The Labute approximate surface area is 110 Å². The Morgan fingerprint density at radius 3 is 2.72 bits per heavy atom. The summed E-state index contributed by atoms with van der Waals surface area (Å²) >= 11 is 0. The monoisotopic (exact) mass is 248 g/mol. The minimum absolute atomic E-state index is 0.184. The zero-order valence-electron chi connectivity index (χ0n) is 11.6. The summed E-state index contributed by atoms with van der Waals surface area (Å²) in [5.41, 5.74) is 7.89. The zero-order valence-corrected chi connectivity index (χ0v) is 11.6. The van der Waals surface area contributed by atoms with Gasteiger partial charge in [0.15, 0.2) is 0 Å². The maximum atomic E-state index is 12.2. The molecule has 1 amide bonds. The van der Waals surface area contributed by atoms with Gasteiger partial charge in [0.2, 0.25) is 5.91 Å². The summed E-state index contributed by atoms with van der Waals surface area (Å²) in [7, 11) is 0. The van der Waals surface area contributed by atoms with Crippen LogP contribution in [0.15, 0.2) is 24.3 Å². The fraction of sp³-hybridized carbons (Fsp3) is 0.533. The van der Waals surface area contributed by atoms with E-state index in [0.717, 1.165) is 18.7 Å². The van der Waals surface area contributed by atoms with Crippen LogP contribution in [0.2, 0.25) is 0 Å². The van der Waals surface area contributed by atoms with Gasteiger partial charge in [-0.05, 0) is 31.9 Å². The van der Waals surface area contributed by atoms with Crippen LogP contribution in [0.5, 0.6) is 0 Å². The van der Waals surface area contributed by atoms with Crippen molar-refractivity contribution in [2.24, 2.45) is 11.7 Å². The molecule has 1 unspecified atom stereocenters. The summed E-state index contributed by atoms with van der Waals surface area (Å²) in [6.45, 7) is 8.24. The normalized spacial score (nSPS) is 12.2. The van der Waals surface area contributed by atoms with E-state index in [-0.39, 0.29) is 5.91 Å². The Morgan fingerprint density at radius 1 is 1.44 bits per heavy atom. The summed E-state index contributed by atoms with van der Waals surface area (Å²) in [4.78, 5) is 14.1. The van der Waals surface area contributed by atoms with Crippen LogP contribution in [0.1, 0.15) is 25.0 Å². The Morgan fingerprint density at radius 2 is 2.17 bits per heavy atom. The molecule has 1 aromatic rings. The number of hydrogen-bond donors (Lipinski definition) is 1. The predicted octanol–water partition coefficient (Wildman–Crippen LogP) is 1.98. The Balaban J connectivity index is 2.62.